The molecule has 0 aliphatic carbocycles. The fourth-order valence-corrected chi connectivity index (χ4v) is 5.44. The van der Waals surface area contributed by atoms with Crippen molar-refractivity contribution in [3.8, 4) is 0 Å². The van der Waals surface area contributed by atoms with Crippen LogP contribution in [0.4, 0.5) is 43.0 Å². The lowest BCUT2D eigenvalue weighted by atomic mass is 10.1. The fourth-order valence-electron chi connectivity index (χ4n) is 4.21. The smallest absolute Gasteiger partial charge is 0.433 e. The molecule has 0 radical (unpaired) electrons. The third-order valence-corrected chi connectivity index (χ3v) is 7.87. The van der Waals surface area contributed by atoms with Crippen LogP contribution >= 0.6 is 0 Å². The summed E-state index contributed by atoms with van der Waals surface area (Å²) < 4.78 is 95.3. The zero-order valence-corrected chi connectivity index (χ0v) is 24.4. The minimum absolute atomic E-state index is 0.000245. The summed E-state index contributed by atoms with van der Waals surface area (Å²) >= 11 is 0. The summed E-state index contributed by atoms with van der Waals surface area (Å²) in [6, 6.07) is 4.89. The number of aryl methyl sites for hydroxylation is 1. The molecule has 3 amide bonds. The summed E-state index contributed by atoms with van der Waals surface area (Å²) in [5, 5.41) is 11.8. The normalized spacial score (nSPS) is 16.9. The first-order valence-electron chi connectivity index (χ1n) is 12.8. The van der Waals surface area contributed by atoms with E-state index in [9.17, 15) is 45.7 Å². The van der Waals surface area contributed by atoms with Crippen LogP contribution in [-0.2, 0) is 20.8 Å². The Labute approximate surface area is 244 Å². The molecule has 1 unspecified atom stereocenters. The molecule has 43 heavy (non-hydrogen) atoms. The summed E-state index contributed by atoms with van der Waals surface area (Å²) in [4.78, 5) is 42.3. The predicted molar refractivity (Wildman–Crippen MR) is 145 cm³/mol. The number of amides is 3. The lowest BCUT2D eigenvalue weighted by Gasteiger charge is -2.26. The predicted octanol–water partition coefficient (Wildman–Crippen LogP) is 6.52. The van der Waals surface area contributed by atoms with E-state index in [0.29, 0.717) is 6.07 Å². The number of carboxylic acid groups (broad SMARTS) is 1. The third-order valence-electron chi connectivity index (χ3n) is 6.16. The average molecular weight is 636 g/mol. The molecule has 1 saturated heterocycles. The molecule has 1 fully saturated rings. The molecule has 1 aromatic carbocycles. The Bertz CT molecular complexity index is 1530. The molecular weight excluding hydrogens is 605 g/mol. The Balaban J connectivity index is 2.02. The molecule has 0 bridgehead atoms. The van der Waals surface area contributed by atoms with E-state index in [4.69, 9.17) is 9.52 Å². The van der Waals surface area contributed by atoms with Gasteiger partial charge in [-0.3, -0.25) is 4.79 Å². The van der Waals surface area contributed by atoms with E-state index in [0.717, 1.165) is 19.1 Å². The SMILES string of the molecule is Cc1nc(N2CCCC(F)(F)CC2)c(C(=O)Nc2cccc(S(=N)(=O)N(C(=O)O)C(=O)OC(C)(C)C)c2)cc1C(F)(F)F. The maximum Gasteiger partial charge on any atom is 0.433 e. The van der Waals surface area contributed by atoms with Crippen molar-refractivity contribution in [3.63, 3.8) is 0 Å². The van der Waals surface area contributed by atoms with Gasteiger partial charge in [0.25, 0.3) is 5.91 Å². The van der Waals surface area contributed by atoms with Gasteiger partial charge in [-0.1, -0.05) is 6.07 Å². The molecule has 17 heteroatoms. The summed E-state index contributed by atoms with van der Waals surface area (Å²) in [5.74, 6) is -4.38. The highest BCUT2D eigenvalue weighted by atomic mass is 32.2. The van der Waals surface area contributed by atoms with Crippen molar-refractivity contribution in [1.29, 1.82) is 4.78 Å². The highest BCUT2D eigenvalue weighted by Crippen LogP contribution is 2.36. The number of nitrogens with one attached hydrogen (secondary N) is 2. The van der Waals surface area contributed by atoms with Crippen LogP contribution in [0, 0.1) is 11.7 Å². The molecule has 3 rings (SSSR count). The van der Waals surface area contributed by atoms with Crippen molar-refractivity contribution in [2.75, 3.05) is 23.3 Å². The number of alkyl halides is 5. The van der Waals surface area contributed by atoms with Crippen molar-refractivity contribution in [3.05, 3.63) is 47.2 Å². The van der Waals surface area contributed by atoms with E-state index in [-0.39, 0.29) is 35.3 Å². The monoisotopic (exact) mass is 635 g/mol. The molecule has 1 atom stereocenters. The van der Waals surface area contributed by atoms with Gasteiger partial charge in [0.05, 0.1) is 21.7 Å². The van der Waals surface area contributed by atoms with Gasteiger partial charge >= 0.3 is 18.4 Å². The van der Waals surface area contributed by atoms with Gasteiger partial charge in [-0.15, -0.1) is 4.31 Å². The van der Waals surface area contributed by atoms with Gasteiger partial charge in [-0.05, 0) is 58.4 Å². The number of nitrogens with zero attached hydrogens (tertiary/aromatic N) is 3. The molecule has 3 N–H and O–H groups in total. The van der Waals surface area contributed by atoms with Crippen LogP contribution in [0.15, 0.2) is 35.2 Å². The van der Waals surface area contributed by atoms with E-state index in [1.807, 2.05) is 0 Å². The average Bonchev–Trinajstić information content (AvgIpc) is 3.01. The fraction of sp³-hybridized carbons (Fsp3) is 0.462. The quantitative estimate of drug-likeness (QED) is 0.314. The van der Waals surface area contributed by atoms with Gasteiger partial charge in [0.15, 0.2) is 9.92 Å². The number of hydrogen-bond acceptors (Lipinski definition) is 8. The molecule has 0 saturated carbocycles. The lowest BCUT2D eigenvalue weighted by Crippen LogP contribution is -2.43. The molecule has 11 nitrogen and oxygen atoms in total. The third kappa shape index (κ3) is 8.09. The van der Waals surface area contributed by atoms with Crippen molar-refractivity contribution in [2.45, 2.75) is 69.6 Å². The first kappa shape index (κ1) is 33.5. The number of hydrogen-bond donors (Lipinski definition) is 3. The second-order valence-electron chi connectivity index (χ2n) is 10.8. The van der Waals surface area contributed by atoms with Crippen LogP contribution in [0.1, 0.15) is 61.6 Å². The minimum Gasteiger partial charge on any atom is -0.464 e. The zero-order chi connectivity index (χ0) is 32.5. The summed E-state index contributed by atoms with van der Waals surface area (Å²) in [7, 11) is -4.60. The van der Waals surface area contributed by atoms with Gasteiger partial charge in [-0.25, -0.2) is 32.3 Å². The summed E-state index contributed by atoms with van der Waals surface area (Å²) in [5.41, 5.74) is -3.70. The van der Waals surface area contributed by atoms with Crippen molar-refractivity contribution >= 4 is 39.5 Å². The molecule has 1 aliphatic rings. The first-order chi connectivity index (χ1) is 19.6. The van der Waals surface area contributed by atoms with E-state index in [1.165, 1.54) is 37.8 Å². The largest absolute Gasteiger partial charge is 0.464 e. The first-order valence-corrected chi connectivity index (χ1v) is 14.3. The highest BCUT2D eigenvalue weighted by molar-refractivity contribution is 7.91. The van der Waals surface area contributed by atoms with E-state index in [1.54, 1.807) is 0 Å². The number of benzene rings is 1. The zero-order valence-electron chi connectivity index (χ0n) is 23.6. The van der Waals surface area contributed by atoms with Crippen LogP contribution < -0.4 is 10.2 Å². The van der Waals surface area contributed by atoms with Gasteiger partial charge in [0, 0.05) is 31.6 Å². The Morgan fingerprint density at radius 2 is 1.79 bits per heavy atom. The number of aromatic nitrogens is 1. The Morgan fingerprint density at radius 1 is 1.14 bits per heavy atom. The number of carbonyl (C=O) groups excluding carboxylic acids is 2. The van der Waals surface area contributed by atoms with E-state index >= 15 is 0 Å². The van der Waals surface area contributed by atoms with E-state index < -0.39 is 80.3 Å². The van der Waals surface area contributed by atoms with Gasteiger partial charge in [0.2, 0.25) is 5.92 Å². The number of ether oxygens (including phenoxy) is 1. The topological polar surface area (TPSA) is 153 Å². The van der Waals surface area contributed by atoms with Crippen molar-refractivity contribution in [1.82, 2.24) is 9.29 Å². The molecule has 2 aromatic rings. The summed E-state index contributed by atoms with van der Waals surface area (Å²) in [6.45, 7) is 5.05. The molecule has 1 aliphatic heterocycles. The standard InChI is InChI=1S/C26H30F5N5O6S/c1-15-19(26(29,30)31)14-18(20(33-15)35-11-6-9-25(27,28)10-12-35)21(37)34-16-7-5-8-17(13-16)43(32,41)36(22(38)39)23(40)42-24(2,3)4/h5,7-8,13-14,32H,6,9-12H2,1-4H3,(H,34,37)(H,38,39). The maximum absolute atomic E-state index is 14.0. The molecule has 236 valence electrons. The van der Waals surface area contributed by atoms with Crippen LogP contribution in [-0.4, -0.2) is 61.3 Å². The Hall–Kier alpha value is -4.02. The molecule has 2 heterocycles. The van der Waals surface area contributed by atoms with Gasteiger partial charge in [-0.2, -0.15) is 13.2 Å². The summed E-state index contributed by atoms with van der Waals surface area (Å²) in [6.07, 6.45) is -9.59. The van der Waals surface area contributed by atoms with Gasteiger partial charge < -0.3 is 20.1 Å². The number of carbonyl (C=O) groups is 3. The van der Waals surface area contributed by atoms with Crippen LogP contribution in [0.25, 0.3) is 0 Å². The maximum atomic E-state index is 14.0. The number of rotatable bonds is 5. The minimum atomic E-state index is -4.89. The van der Waals surface area contributed by atoms with E-state index in [2.05, 4.69) is 10.3 Å². The Kier molecular flexibility index (Phi) is 9.29. The number of imide groups is 1. The number of anilines is 2. The molecular formula is C26H30F5N5O6S. The molecule has 0 spiro atoms. The second-order valence-corrected chi connectivity index (χ2v) is 12.6. The highest BCUT2D eigenvalue weighted by Gasteiger charge is 2.38. The van der Waals surface area contributed by atoms with Crippen LogP contribution in [0.5, 0.6) is 0 Å². The Morgan fingerprint density at radius 3 is 2.37 bits per heavy atom. The second kappa shape index (κ2) is 11.9. The lowest BCUT2D eigenvalue weighted by molar-refractivity contribution is -0.138. The van der Waals surface area contributed by atoms with Crippen LogP contribution in [0.3, 0.4) is 0 Å². The van der Waals surface area contributed by atoms with Crippen LogP contribution in [0.2, 0.25) is 0 Å². The van der Waals surface area contributed by atoms with Gasteiger partial charge in [0.1, 0.15) is 11.4 Å². The number of pyridine rings is 1. The van der Waals surface area contributed by atoms with Crippen molar-refractivity contribution < 1.29 is 50.4 Å². The van der Waals surface area contributed by atoms with Crippen molar-refractivity contribution in [2.24, 2.45) is 0 Å². The molecule has 1 aromatic heterocycles. The number of halogens is 5.